The molecule has 0 aliphatic rings. The molecule has 0 saturated carbocycles. The molecule has 2 aromatic carbocycles. The van der Waals surface area contributed by atoms with Gasteiger partial charge in [0.05, 0.1) is 37.9 Å². The molecule has 13 heteroatoms. The summed E-state index contributed by atoms with van der Waals surface area (Å²) in [6.45, 7) is 3.98. The van der Waals surface area contributed by atoms with Crippen molar-refractivity contribution in [3.05, 3.63) is 65.4 Å². The summed E-state index contributed by atoms with van der Waals surface area (Å²) >= 11 is 12.9. The van der Waals surface area contributed by atoms with E-state index in [0.29, 0.717) is 34.5 Å². The fourth-order valence-electron chi connectivity index (χ4n) is 3.37. The summed E-state index contributed by atoms with van der Waals surface area (Å²) in [5, 5.41) is 20.3. The number of rotatable bonds is 13. The van der Waals surface area contributed by atoms with Crippen LogP contribution in [-0.2, 0) is 9.53 Å². The van der Waals surface area contributed by atoms with Crippen LogP contribution >= 0.6 is 23.2 Å². The van der Waals surface area contributed by atoms with Gasteiger partial charge in [0, 0.05) is 25.8 Å². The lowest BCUT2D eigenvalue weighted by Gasteiger charge is -2.30. The third kappa shape index (κ3) is 6.95. The van der Waals surface area contributed by atoms with Crippen molar-refractivity contribution in [3.63, 3.8) is 0 Å². The van der Waals surface area contributed by atoms with Gasteiger partial charge in [0.15, 0.2) is 0 Å². The van der Waals surface area contributed by atoms with Crippen LogP contribution in [0.5, 0.6) is 11.5 Å². The van der Waals surface area contributed by atoms with Gasteiger partial charge >= 0.3 is 0 Å². The molecule has 0 bridgehead atoms. The van der Waals surface area contributed by atoms with Crippen LogP contribution in [0.25, 0.3) is 0 Å². The molecule has 0 aliphatic heterocycles. The predicted molar refractivity (Wildman–Crippen MR) is 149 cm³/mol. The van der Waals surface area contributed by atoms with Crippen molar-refractivity contribution < 1.29 is 24.1 Å². The molecular weight excluding hydrogens is 535 g/mol. The summed E-state index contributed by atoms with van der Waals surface area (Å²) in [6, 6.07) is 10.3. The maximum Gasteiger partial charge on any atom is 0.247 e. The van der Waals surface area contributed by atoms with Gasteiger partial charge in [-0.1, -0.05) is 41.9 Å². The Balaban J connectivity index is 1.91. The molecule has 0 radical (unpaired) electrons. The van der Waals surface area contributed by atoms with Crippen LogP contribution in [0.3, 0.4) is 0 Å². The molecule has 0 aliphatic carbocycles. The quantitative estimate of drug-likeness (QED) is 0.174. The molecule has 1 atom stereocenters. The van der Waals surface area contributed by atoms with Gasteiger partial charge in [0.25, 0.3) is 0 Å². The number of hydrogen-bond acceptors (Lipinski definition) is 10. The van der Waals surface area contributed by atoms with E-state index in [0.717, 1.165) is 0 Å². The zero-order chi connectivity index (χ0) is 27.7. The first-order valence-corrected chi connectivity index (χ1v) is 12.0. The molecule has 1 aromatic heterocycles. The summed E-state index contributed by atoms with van der Waals surface area (Å²) in [5.74, 6) is 1.02. The number of nitrogens with zero attached hydrogens (tertiary/aromatic N) is 3. The van der Waals surface area contributed by atoms with Gasteiger partial charge in [-0.2, -0.15) is 0 Å². The highest BCUT2D eigenvalue weighted by Gasteiger charge is 2.24. The number of aliphatic hydroxyl groups is 1. The van der Waals surface area contributed by atoms with E-state index in [-0.39, 0.29) is 34.8 Å². The van der Waals surface area contributed by atoms with Gasteiger partial charge in [-0.25, -0.2) is 9.97 Å². The maximum absolute atomic E-state index is 11.8. The van der Waals surface area contributed by atoms with E-state index in [9.17, 15) is 9.90 Å². The van der Waals surface area contributed by atoms with Crippen molar-refractivity contribution in [1.29, 1.82) is 0 Å². The number of aromatic nitrogens is 2. The number of ether oxygens (including phenoxy) is 3. The van der Waals surface area contributed by atoms with E-state index < -0.39 is 6.35 Å². The van der Waals surface area contributed by atoms with E-state index in [1.165, 1.54) is 31.5 Å². The predicted octanol–water partition coefficient (Wildman–Crippen LogP) is 4.51. The minimum absolute atomic E-state index is 0.160. The van der Waals surface area contributed by atoms with E-state index in [1.807, 2.05) is 6.07 Å². The fourth-order valence-corrected chi connectivity index (χ4v) is 3.98. The smallest absolute Gasteiger partial charge is 0.247 e. The molecule has 1 amide bonds. The second-order valence-electron chi connectivity index (χ2n) is 7.61. The van der Waals surface area contributed by atoms with Crippen molar-refractivity contribution in [3.8, 4) is 11.5 Å². The molecule has 4 N–H and O–H groups in total. The standard InChI is InChI=1S/C25H28Cl2N6O5/c1-5-21(34)31-16-9-7-6-8-15(16)30-19-13-20(29-14-28-19)33(10-11-36-2)25(35)32-24-22(26)17(37-3)12-18(38-4)23(24)27/h5-9,12-14,25,32,35H,1,10-11H2,2-4H3,(H,31,34)(H,28,29,30). The number of benzene rings is 2. The third-order valence-corrected chi connectivity index (χ3v) is 6.01. The van der Waals surface area contributed by atoms with Crippen LogP contribution < -0.4 is 30.3 Å². The van der Waals surface area contributed by atoms with Crippen LogP contribution in [0.15, 0.2) is 55.4 Å². The van der Waals surface area contributed by atoms with Gasteiger partial charge in [0.2, 0.25) is 12.3 Å². The fraction of sp³-hybridized carbons (Fsp3) is 0.240. The number of para-hydroxylation sites is 2. The van der Waals surface area contributed by atoms with Gasteiger partial charge in [-0.3, -0.25) is 4.79 Å². The number of carbonyl (C=O) groups is 1. The summed E-state index contributed by atoms with van der Waals surface area (Å²) in [4.78, 5) is 21.9. The van der Waals surface area contributed by atoms with Crippen LogP contribution in [0.2, 0.25) is 10.0 Å². The van der Waals surface area contributed by atoms with Gasteiger partial charge in [0.1, 0.15) is 39.5 Å². The van der Waals surface area contributed by atoms with Crippen LogP contribution in [0, 0.1) is 0 Å². The van der Waals surface area contributed by atoms with Crippen molar-refractivity contribution in [2.24, 2.45) is 0 Å². The molecule has 3 rings (SSSR count). The number of nitrogens with one attached hydrogen (secondary N) is 3. The Hall–Kier alpha value is -3.77. The second-order valence-corrected chi connectivity index (χ2v) is 8.37. The Bertz CT molecular complexity index is 1250. The van der Waals surface area contributed by atoms with Gasteiger partial charge in [-0.05, 0) is 18.2 Å². The number of carbonyl (C=O) groups excluding carboxylic acids is 1. The van der Waals surface area contributed by atoms with Crippen LogP contribution in [-0.4, -0.2) is 61.8 Å². The molecule has 1 unspecified atom stereocenters. The average Bonchev–Trinajstić information content (AvgIpc) is 2.92. The number of halogens is 2. The minimum Gasteiger partial charge on any atom is -0.495 e. The Morgan fingerprint density at radius 2 is 1.76 bits per heavy atom. The molecule has 3 aromatic rings. The summed E-state index contributed by atoms with van der Waals surface area (Å²) in [5.41, 5.74) is 1.34. The SMILES string of the molecule is C=CC(=O)Nc1ccccc1Nc1cc(N(CCOC)C(O)Nc2c(Cl)c(OC)cc(OC)c2Cl)ncn1. The van der Waals surface area contributed by atoms with E-state index in [2.05, 4.69) is 32.5 Å². The maximum atomic E-state index is 11.8. The first kappa shape index (κ1) is 28.8. The van der Waals surface area contributed by atoms with Gasteiger partial charge in [-0.15, -0.1) is 0 Å². The summed E-state index contributed by atoms with van der Waals surface area (Å²) < 4.78 is 15.8. The Kier molecular flexibility index (Phi) is 10.4. The average molecular weight is 563 g/mol. The molecular formula is C25H28Cl2N6O5. The number of methoxy groups -OCH3 is 3. The van der Waals surface area contributed by atoms with Crippen molar-refractivity contribution in [2.45, 2.75) is 6.35 Å². The molecule has 0 saturated heterocycles. The molecule has 202 valence electrons. The first-order valence-electron chi connectivity index (χ1n) is 11.2. The molecule has 1 heterocycles. The van der Waals surface area contributed by atoms with E-state index in [4.69, 9.17) is 37.4 Å². The van der Waals surface area contributed by atoms with Crippen molar-refractivity contribution in [2.75, 3.05) is 55.3 Å². The largest absolute Gasteiger partial charge is 0.495 e. The third-order valence-electron chi connectivity index (χ3n) is 5.26. The molecule has 11 nitrogen and oxygen atoms in total. The van der Waals surface area contributed by atoms with Crippen molar-refractivity contribution >= 4 is 57.8 Å². The van der Waals surface area contributed by atoms with E-state index in [1.54, 1.807) is 37.4 Å². The molecule has 0 fully saturated rings. The Morgan fingerprint density at radius 1 is 1.11 bits per heavy atom. The van der Waals surface area contributed by atoms with Gasteiger partial charge < -0.3 is 40.2 Å². The van der Waals surface area contributed by atoms with E-state index >= 15 is 0 Å². The van der Waals surface area contributed by atoms with Crippen LogP contribution in [0.1, 0.15) is 0 Å². The molecule has 0 spiro atoms. The Morgan fingerprint density at radius 3 is 2.37 bits per heavy atom. The van der Waals surface area contributed by atoms with Crippen LogP contribution in [0.4, 0.5) is 28.7 Å². The lowest BCUT2D eigenvalue weighted by Crippen LogP contribution is -2.43. The highest BCUT2D eigenvalue weighted by Crippen LogP contribution is 2.44. The number of amides is 1. The lowest BCUT2D eigenvalue weighted by molar-refractivity contribution is -0.111. The minimum atomic E-state index is -1.35. The number of anilines is 5. The Labute approximate surface area is 230 Å². The topological polar surface area (TPSA) is 130 Å². The monoisotopic (exact) mass is 562 g/mol. The zero-order valence-electron chi connectivity index (χ0n) is 21.0. The normalized spacial score (nSPS) is 11.3. The highest BCUT2D eigenvalue weighted by atomic mass is 35.5. The zero-order valence-corrected chi connectivity index (χ0v) is 22.5. The summed E-state index contributed by atoms with van der Waals surface area (Å²) in [7, 11) is 4.45. The highest BCUT2D eigenvalue weighted by molar-refractivity contribution is 6.41. The van der Waals surface area contributed by atoms with Crippen molar-refractivity contribution in [1.82, 2.24) is 9.97 Å². The first-order chi connectivity index (χ1) is 18.3. The second kappa shape index (κ2) is 13.7. The number of hydrogen-bond donors (Lipinski definition) is 4. The number of aliphatic hydroxyl groups excluding tert-OH is 1. The summed E-state index contributed by atoms with van der Waals surface area (Å²) in [6.07, 6.45) is 1.17. The molecule has 38 heavy (non-hydrogen) atoms. The lowest BCUT2D eigenvalue weighted by atomic mass is 10.2.